The number of fused-ring (bicyclic) bond motifs is 1. The van der Waals surface area contributed by atoms with Gasteiger partial charge in [-0.2, -0.15) is 15.2 Å². The highest BCUT2D eigenvalue weighted by Gasteiger charge is 2.24. The minimum absolute atomic E-state index is 0.000331. The van der Waals surface area contributed by atoms with Crippen molar-refractivity contribution in [3.8, 4) is 11.8 Å². The second-order valence-electron chi connectivity index (χ2n) is 7.13. The number of nitrogens with two attached hydrogens (primary N) is 2. The van der Waals surface area contributed by atoms with Gasteiger partial charge in [-0.25, -0.2) is 13.6 Å². The largest absolute Gasteiger partial charge is 0.382 e. The number of halogens is 1. The molecule has 4 rings (SSSR count). The molecule has 4 aromatic rings. The van der Waals surface area contributed by atoms with Crippen LogP contribution in [0.3, 0.4) is 0 Å². The number of anilines is 3. The van der Waals surface area contributed by atoms with Crippen molar-refractivity contribution in [3.05, 3.63) is 70.0 Å². The topological polar surface area (TPSA) is 186 Å². The maximum atomic E-state index is 14.8. The summed E-state index contributed by atoms with van der Waals surface area (Å²) in [5.41, 5.74) is 10.6. The van der Waals surface area contributed by atoms with Crippen molar-refractivity contribution in [1.82, 2.24) is 19.5 Å². The second kappa shape index (κ2) is 8.85. The van der Waals surface area contributed by atoms with Crippen LogP contribution in [0.2, 0.25) is 0 Å². The molecule has 0 aliphatic heterocycles. The lowest BCUT2D eigenvalue weighted by Crippen LogP contribution is -2.29. The molecule has 2 aromatic heterocycles. The average Bonchev–Trinajstić information content (AvgIpc) is 2.79. The first-order valence-electron chi connectivity index (χ1n) is 9.74. The summed E-state index contributed by atoms with van der Waals surface area (Å²) in [6.07, 6.45) is 0. The highest BCUT2D eigenvalue weighted by molar-refractivity contribution is 7.79. The number of aromatic nitrogens is 4. The van der Waals surface area contributed by atoms with E-state index in [0.717, 1.165) is 4.57 Å². The van der Waals surface area contributed by atoms with Gasteiger partial charge in [0.1, 0.15) is 29.1 Å². The van der Waals surface area contributed by atoms with Crippen molar-refractivity contribution in [1.29, 1.82) is 5.26 Å². The Bertz CT molecular complexity index is 1570. The fourth-order valence-electron chi connectivity index (χ4n) is 3.50. The van der Waals surface area contributed by atoms with Crippen LogP contribution in [0.1, 0.15) is 24.4 Å². The zero-order valence-electron chi connectivity index (χ0n) is 17.6. The van der Waals surface area contributed by atoms with E-state index in [1.165, 1.54) is 42.5 Å². The number of hydrogen-bond donors (Lipinski definition) is 4. The van der Waals surface area contributed by atoms with E-state index < -0.39 is 28.5 Å². The average molecular weight is 480 g/mol. The molecule has 0 aliphatic carbocycles. The van der Waals surface area contributed by atoms with E-state index in [2.05, 4.69) is 20.3 Å². The third kappa shape index (κ3) is 3.91. The predicted octanol–water partition coefficient (Wildman–Crippen LogP) is 2.10. The molecule has 2 heterocycles. The molecule has 172 valence electrons. The summed E-state index contributed by atoms with van der Waals surface area (Å²) in [5, 5.41) is 12.2. The first kappa shape index (κ1) is 22.8. The smallest absolute Gasteiger partial charge is 0.267 e. The van der Waals surface area contributed by atoms with E-state index in [0.29, 0.717) is 0 Å². The van der Waals surface area contributed by atoms with Gasteiger partial charge in [-0.1, -0.05) is 18.2 Å². The van der Waals surface area contributed by atoms with Crippen molar-refractivity contribution < 1.29 is 13.2 Å². The fourth-order valence-corrected chi connectivity index (χ4v) is 4.06. The minimum atomic E-state index is -2.49. The van der Waals surface area contributed by atoms with Crippen molar-refractivity contribution in [2.24, 2.45) is 0 Å². The Labute approximate surface area is 194 Å². The van der Waals surface area contributed by atoms with Crippen molar-refractivity contribution in [2.75, 3.05) is 16.8 Å². The SMILES string of the molecule is CC(Nc1nc(N)nc(N)c1C#N)c1nc2cccc(S(=O)O)c2c(=O)n1-c1ccccc1F. The Hall–Kier alpha value is -4.41. The van der Waals surface area contributed by atoms with Gasteiger partial charge in [0, 0.05) is 0 Å². The van der Waals surface area contributed by atoms with Crippen LogP contribution in [-0.2, 0) is 11.1 Å². The van der Waals surface area contributed by atoms with Crippen molar-refractivity contribution >= 4 is 39.6 Å². The van der Waals surface area contributed by atoms with Crippen LogP contribution in [0.25, 0.3) is 16.6 Å². The number of hydrogen-bond acceptors (Lipinski definition) is 9. The molecule has 0 radical (unpaired) electrons. The van der Waals surface area contributed by atoms with Crippen LogP contribution in [0, 0.1) is 17.1 Å². The van der Waals surface area contributed by atoms with Crippen LogP contribution in [-0.4, -0.2) is 28.3 Å². The fraction of sp³-hybridized carbons (Fsp3) is 0.0952. The van der Waals surface area contributed by atoms with Gasteiger partial charge in [-0.15, -0.1) is 0 Å². The first-order valence-corrected chi connectivity index (χ1v) is 10.8. The minimum Gasteiger partial charge on any atom is -0.382 e. The summed E-state index contributed by atoms with van der Waals surface area (Å²) in [4.78, 5) is 25.7. The molecule has 11 nitrogen and oxygen atoms in total. The number of rotatable bonds is 5. The number of benzene rings is 2. The summed E-state index contributed by atoms with van der Waals surface area (Å²) in [7, 11) is 0. The van der Waals surface area contributed by atoms with Gasteiger partial charge in [0.2, 0.25) is 5.95 Å². The van der Waals surface area contributed by atoms with Crippen LogP contribution in [0.15, 0.2) is 52.2 Å². The monoisotopic (exact) mass is 480 g/mol. The molecule has 2 aromatic carbocycles. The number of nitrogen functional groups attached to an aromatic ring is 2. The maximum Gasteiger partial charge on any atom is 0.267 e. The van der Waals surface area contributed by atoms with E-state index in [4.69, 9.17) is 11.5 Å². The molecule has 2 unspecified atom stereocenters. The summed E-state index contributed by atoms with van der Waals surface area (Å²) in [5.74, 6) is -0.991. The third-order valence-electron chi connectivity index (χ3n) is 4.97. The molecule has 0 fully saturated rings. The zero-order valence-corrected chi connectivity index (χ0v) is 18.4. The van der Waals surface area contributed by atoms with E-state index in [1.807, 2.05) is 6.07 Å². The van der Waals surface area contributed by atoms with Crippen LogP contribution >= 0.6 is 0 Å². The molecule has 0 bridgehead atoms. The summed E-state index contributed by atoms with van der Waals surface area (Å²) >= 11 is -2.49. The number of nitrogens with one attached hydrogen (secondary N) is 1. The van der Waals surface area contributed by atoms with Gasteiger partial charge >= 0.3 is 0 Å². The van der Waals surface area contributed by atoms with E-state index in [1.54, 1.807) is 6.92 Å². The summed E-state index contributed by atoms with van der Waals surface area (Å²) < 4.78 is 37.3. The van der Waals surface area contributed by atoms with Crippen molar-refractivity contribution in [2.45, 2.75) is 17.9 Å². The van der Waals surface area contributed by atoms with Gasteiger partial charge in [-0.3, -0.25) is 9.36 Å². The van der Waals surface area contributed by atoms with Gasteiger partial charge in [0.25, 0.3) is 5.56 Å². The van der Waals surface area contributed by atoms with Crippen LogP contribution in [0.5, 0.6) is 0 Å². The highest BCUT2D eigenvalue weighted by Crippen LogP contribution is 2.27. The summed E-state index contributed by atoms with van der Waals surface area (Å²) in [6.45, 7) is 1.61. The molecule has 0 aliphatic rings. The molecule has 0 saturated heterocycles. The Morgan fingerprint density at radius 1 is 1.18 bits per heavy atom. The quantitative estimate of drug-likeness (QED) is 0.308. The Morgan fingerprint density at radius 3 is 2.59 bits per heavy atom. The maximum absolute atomic E-state index is 14.8. The number of nitriles is 1. The summed E-state index contributed by atoms with van der Waals surface area (Å²) in [6, 6.07) is 10.9. The molecule has 34 heavy (non-hydrogen) atoms. The second-order valence-corrected chi connectivity index (χ2v) is 8.07. The Morgan fingerprint density at radius 2 is 1.91 bits per heavy atom. The molecule has 2 atom stereocenters. The third-order valence-corrected chi connectivity index (χ3v) is 5.69. The Kier molecular flexibility index (Phi) is 5.93. The van der Waals surface area contributed by atoms with E-state index in [-0.39, 0.29) is 50.5 Å². The van der Waals surface area contributed by atoms with Crippen LogP contribution in [0.4, 0.5) is 22.0 Å². The van der Waals surface area contributed by atoms with Gasteiger partial charge in [-0.05, 0) is 31.2 Å². The van der Waals surface area contributed by atoms with E-state index in [9.17, 15) is 23.2 Å². The highest BCUT2D eigenvalue weighted by atomic mass is 32.2. The number of nitrogens with zero attached hydrogens (tertiary/aromatic N) is 5. The molecule has 0 amide bonds. The molecule has 6 N–H and O–H groups in total. The molecule has 13 heteroatoms. The lowest BCUT2D eigenvalue weighted by atomic mass is 10.2. The normalized spacial score (nSPS) is 12.8. The lowest BCUT2D eigenvalue weighted by Gasteiger charge is -2.21. The standard InChI is InChI=1S/C21H17FN8O3S/c1-10(26-18-11(9-23)17(24)28-21(25)29-18)19-27-13-6-4-8-15(34(32)33)16(13)20(31)30(19)14-7-3-2-5-12(14)22/h2-8,10H,1H3,(H,32,33)(H5,24,25,26,28,29). The lowest BCUT2D eigenvalue weighted by molar-refractivity contribution is 0.565. The predicted molar refractivity (Wildman–Crippen MR) is 124 cm³/mol. The van der Waals surface area contributed by atoms with Gasteiger partial charge in [0.05, 0.1) is 27.5 Å². The molecular weight excluding hydrogens is 463 g/mol. The zero-order chi connectivity index (χ0) is 24.6. The van der Waals surface area contributed by atoms with Gasteiger partial charge < -0.3 is 21.3 Å². The molecular formula is C21H17FN8O3S. The molecule has 0 spiro atoms. The van der Waals surface area contributed by atoms with E-state index >= 15 is 0 Å². The first-order chi connectivity index (χ1) is 16.2. The Balaban J connectivity index is 2.00. The van der Waals surface area contributed by atoms with Crippen molar-refractivity contribution in [3.63, 3.8) is 0 Å². The van der Waals surface area contributed by atoms with Gasteiger partial charge in [0.15, 0.2) is 16.9 Å². The van der Waals surface area contributed by atoms with Crippen LogP contribution < -0.4 is 22.3 Å². The number of para-hydroxylation sites is 1. The molecule has 0 saturated carbocycles.